The lowest BCUT2D eigenvalue weighted by Gasteiger charge is -2.15. The first kappa shape index (κ1) is 53.1. The zero-order valence-corrected chi connectivity index (χ0v) is 37.2. The van der Waals surface area contributed by atoms with Crippen molar-refractivity contribution < 1.29 is 48.3 Å². The maximum atomic E-state index is 13.5. The molecule has 330 valence electrons. The fourth-order valence-corrected chi connectivity index (χ4v) is 6.19. The predicted octanol–water partition coefficient (Wildman–Crippen LogP) is 17.3. The summed E-state index contributed by atoms with van der Waals surface area (Å²) in [5.41, 5.74) is 0.669. The van der Waals surface area contributed by atoms with E-state index in [9.17, 15) is 48.3 Å². The molecule has 0 heterocycles. The molecule has 0 aliphatic heterocycles. The molecule has 59 heavy (non-hydrogen) atoms. The van der Waals surface area contributed by atoms with Crippen molar-refractivity contribution in [3.8, 4) is 0 Å². The highest BCUT2D eigenvalue weighted by Gasteiger charge is 2.28. The number of halogens is 11. The van der Waals surface area contributed by atoms with E-state index in [2.05, 4.69) is 0 Å². The Morgan fingerprint density at radius 2 is 0.458 bits per heavy atom. The summed E-state index contributed by atoms with van der Waals surface area (Å²) in [4.78, 5) is 0. The van der Waals surface area contributed by atoms with E-state index in [1.807, 2.05) is 55.4 Å². The molecule has 4 aromatic carbocycles. The minimum atomic E-state index is -1.28. The van der Waals surface area contributed by atoms with Crippen molar-refractivity contribution in [3.63, 3.8) is 0 Å². The molecule has 0 N–H and O–H groups in total. The van der Waals surface area contributed by atoms with Crippen LogP contribution in [0.1, 0.15) is 203 Å². The van der Waals surface area contributed by atoms with Crippen LogP contribution in [0.3, 0.4) is 0 Å². The molecular formula is C48H61F11. The van der Waals surface area contributed by atoms with Crippen molar-refractivity contribution in [3.05, 3.63) is 139 Å². The predicted molar refractivity (Wildman–Crippen MR) is 218 cm³/mol. The van der Waals surface area contributed by atoms with Crippen LogP contribution in [0.15, 0.2) is 30.3 Å². The van der Waals surface area contributed by atoms with Crippen molar-refractivity contribution in [1.82, 2.24) is 0 Å². The van der Waals surface area contributed by atoms with Gasteiger partial charge in [0.2, 0.25) is 0 Å². The van der Waals surface area contributed by atoms with Crippen LogP contribution in [0.4, 0.5) is 48.3 Å². The number of rotatable bonds is 8. The highest BCUT2D eigenvalue weighted by Crippen LogP contribution is 2.33. The third kappa shape index (κ3) is 13.3. The van der Waals surface area contributed by atoms with Crippen LogP contribution in [-0.2, 0) is 0 Å². The van der Waals surface area contributed by atoms with E-state index >= 15 is 0 Å². The lowest BCUT2D eigenvalue weighted by molar-refractivity contribution is 0.414. The van der Waals surface area contributed by atoms with Gasteiger partial charge in [-0.15, -0.1) is 0 Å². The summed E-state index contributed by atoms with van der Waals surface area (Å²) in [6, 6.07) is 7.08. The lowest BCUT2D eigenvalue weighted by atomic mass is 9.94. The fourth-order valence-electron chi connectivity index (χ4n) is 6.19. The zero-order valence-electron chi connectivity index (χ0n) is 37.2. The van der Waals surface area contributed by atoms with Gasteiger partial charge in [0.1, 0.15) is 17.5 Å². The normalized spacial score (nSPS) is 11.5. The van der Waals surface area contributed by atoms with E-state index in [-0.39, 0.29) is 58.3 Å². The second kappa shape index (κ2) is 22.6. The summed E-state index contributed by atoms with van der Waals surface area (Å²) in [6.07, 6.45) is 0. The second-order valence-corrected chi connectivity index (χ2v) is 17.1. The Morgan fingerprint density at radius 3 is 0.695 bits per heavy atom. The Labute approximate surface area is 344 Å². The number of hydrogen-bond acceptors (Lipinski definition) is 0. The van der Waals surface area contributed by atoms with Gasteiger partial charge in [-0.2, -0.15) is 0 Å². The molecule has 0 atom stereocenters. The van der Waals surface area contributed by atoms with Crippen molar-refractivity contribution in [2.45, 2.75) is 158 Å². The van der Waals surface area contributed by atoms with Gasteiger partial charge < -0.3 is 0 Å². The fraction of sp³-hybridized carbons (Fsp3) is 0.500. The summed E-state index contributed by atoms with van der Waals surface area (Å²) in [5, 5.41) is 0. The maximum absolute atomic E-state index is 13.5. The molecule has 0 saturated carbocycles. The highest BCUT2D eigenvalue weighted by atomic mass is 19.2. The summed E-state index contributed by atoms with van der Waals surface area (Å²) in [7, 11) is 0. The topological polar surface area (TPSA) is 0 Å². The lowest BCUT2D eigenvalue weighted by Crippen LogP contribution is -2.10. The number of benzene rings is 4. The molecule has 0 aliphatic carbocycles. The van der Waals surface area contributed by atoms with Gasteiger partial charge in [-0.1, -0.05) is 123 Å². The average molecular weight is 847 g/mol. The summed E-state index contributed by atoms with van der Waals surface area (Å²) in [6.45, 7) is 27.4. The summed E-state index contributed by atoms with van der Waals surface area (Å²) < 4.78 is 149. The molecule has 0 fully saturated rings. The van der Waals surface area contributed by atoms with Crippen LogP contribution in [0.25, 0.3) is 0 Å². The SMILES string of the molecule is CC(C)c1c(F)c(F)c(C(C)C)c(F)c1F.CC(C)c1cc(F)c(C(C)C)c(F)c1F.CC(C)c1cc(F)c(C(C)C)cc1F.CC(C)c1ccc(C(C)C)c(F)c1F. The van der Waals surface area contributed by atoms with E-state index in [4.69, 9.17) is 0 Å². The van der Waals surface area contributed by atoms with Gasteiger partial charge in [-0.05, 0) is 93.4 Å². The molecule has 4 aromatic rings. The zero-order chi connectivity index (χ0) is 46.1. The first-order valence-corrected chi connectivity index (χ1v) is 20.0. The van der Waals surface area contributed by atoms with E-state index in [1.54, 1.807) is 39.8 Å². The Hall–Kier alpha value is -3.89. The molecule has 0 aliphatic rings. The van der Waals surface area contributed by atoms with Gasteiger partial charge in [-0.3, -0.25) is 0 Å². The molecule has 0 radical (unpaired) electrons. The average Bonchev–Trinajstić information content (AvgIpc) is 3.10. The van der Waals surface area contributed by atoms with Crippen molar-refractivity contribution in [1.29, 1.82) is 0 Å². The summed E-state index contributed by atoms with van der Waals surface area (Å²) in [5.74, 6) is -11.5. The quantitative estimate of drug-likeness (QED) is 0.122. The van der Waals surface area contributed by atoms with Gasteiger partial charge in [0.25, 0.3) is 0 Å². The van der Waals surface area contributed by atoms with Crippen molar-refractivity contribution in [2.75, 3.05) is 0 Å². The van der Waals surface area contributed by atoms with Gasteiger partial charge in [0.15, 0.2) is 46.5 Å². The van der Waals surface area contributed by atoms with Crippen LogP contribution in [0.5, 0.6) is 0 Å². The molecule has 4 rings (SSSR count). The molecule has 0 unspecified atom stereocenters. The van der Waals surface area contributed by atoms with E-state index in [0.29, 0.717) is 22.3 Å². The van der Waals surface area contributed by atoms with Crippen molar-refractivity contribution in [2.24, 2.45) is 0 Å². The van der Waals surface area contributed by atoms with Gasteiger partial charge in [0, 0.05) is 16.7 Å². The molecule has 0 spiro atoms. The number of hydrogen-bond donors (Lipinski definition) is 0. The van der Waals surface area contributed by atoms with Crippen LogP contribution < -0.4 is 0 Å². The third-order valence-corrected chi connectivity index (χ3v) is 9.65. The Morgan fingerprint density at radius 1 is 0.237 bits per heavy atom. The van der Waals surface area contributed by atoms with E-state index < -0.39 is 75.3 Å². The summed E-state index contributed by atoms with van der Waals surface area (Å²) >= 11 is 0. The molecule has 0 nitrogen and oxygen atoms in total. The minimum absolute atomic E-state index is 0.0192. The largest absolute Gasteiger partial charge is 0.207 e. The van der Waals surface area contributed by atoms with E-state index in [0.717, 1.165) is 6.07 Å². The Balaban J connectivity index is 0.000000394. The highest BCUT2D eigenvalue weighted by molar-refractivity contribution is 5.34. The molecule has 11 heteroatoms. The molecule has 0 aromatic heterocycles. The Bertz CT molecular complexity index is 1860. The first-order valence-electron chi connectivity index (χ1n) is 20.0. The Kier molecular flexibility index (Phi) is 20.4. The van der Waals surface area contributed by atoms with Crippen LogP contribution in [0, 0.1) is 64.0 Å². The standard InChI is InChI=1S/C12H14F4.C12H15F3.2C12H16F2/c1-5(2)7-9(13)11(15)8(6(3)4)12(16)10(7)14;1-6(2)8-5-9(13)10(7(3)4)12(15)11(8)14;1-7(2)9-5-12(14)10(8(3)4)6-11(9)13;1-7(2)9-5-6-10(8(3)4)12(14)11(9)13/h5-6H,1-4H3;5-7H,1-4H3;2*5-8H,1-4H3. The molecular weight excluding hydrogens is 786 g/mol. The van der Waals surface area contributed by atoms with Gasteiger partial charge in [0.05, 0.1) is 0 Å². The monoisotopic (exact) mass is 846 g/mol. The second-order valence-electron chi connectivity index (χ2n) is 17.1. The smallest absolute Gasteiger partial charge is 0.165 e. The maximum Gasteiger partial charge on any atom is 0.165 e. The third-order valence-electron chi connectivity index (χ3n) is 9.65. The molecule has 0 saturated heterocycles. The van der Waals surface area contributed by atoms with E-state index in [1.165, 1.54) is 39.8 Å². The van der Waals surface area contributed by atoms with Crippen LogP contribution >= 0.6 is 0 Å². The minimum Gasteiger partial charge on any atom is -0.207 e. The molecule has 0 bridgehead atoms. The first-order chi connectivity index (χ1) is 27.0. The van der Waals surface area contributed by atoms with Gasteiger partial charge >= 0.3 is 0 Å². The van der Waals surface area contributed by atoms with Crippen molar-refractivity contribution >= 4 is 0 Å². The van der Waals surface area contributed by atoms with Crippen LogP contribution in [0.2, 0.25) is 0 Å². The molecule has 0 amide bonds. The van der Waals surface area contributed by atoms with Crippen LogP contribution in [-0.4, -0.2) is 0 Å². The van der Waals surface area contributed by atoms with Gasteiger partial charge in [-0.25, -0.2) is 48.3 Å².